The molecule has 1 heterocycles. The summed E-state index contributed by atoms with van der Waals surface area (Å²) in [6, 6.07) is 14.7. The number of sulfonamides is 1. The van der Waals surface area contributed by atoms with Gasteiger partial charge in [-0.2, -0.15) is 4.72 Å². The van der Waals surface area contributed by atoms with Gasteiger partial charge in [0.15, 0.2) is 11.4 Å². The minimum atomic E-state index is -4.84. The van der Waals surface area contributed by atoms with Crippen molar-refractivity contribution in [3.05, 3.63) is 70.7 Å². The summed E-state index contributed by atoms with van der Waals surface area (Å²) in [6.07, 6.45) is -5.49. The fourth-order valence-corrected chi connectivity index (χ4v) is 4.38. The molecule has 7 nitrogen and oxygen atoms in total. The maximum absolute atomic E-state index is 12.7. The van der Waals surface area contributed by atoms with Crippen molar-refractivity contribution in [1.82, 2.24) is 9.71 Å². The van der Waals surface area contributed by atoms with Crippen LogP contribution in [0.1, 0.15) is 22.4 Å². The lowest BCUT2D eigenvalue weighted by Crippen LogP contribution is -2.28. The SMILES string of the molecule is Cc1sc(N(Cc2ccccc2)c2cccc(OC(F)(F)F)c2)nc1C(O)NS(C)(=O)=O. The predicted molar refractivity (Wildman–Crippen MR) is 115 cm³/mol. The fourth-order valence-electron chi connectivity index (χ4n) is 2.91. The van der Waals surface area contributed by atoms with E-state index in [1.165, 1.54) is 29.5 Å². The van der Waals surface area contributed by atoms with E-state index in [-0.39, 0.29) is 18.0 Å². The lowest BCUT2D eigenvalue weighted by Gasteiger charge is -2.23. The van der Waals surface area contributed by atoms with Crippen molar-refractivity contribution in [2.24, 2.45) is 0 Å². The molecule has 32 heavy (non-hydrogen) atoms. The molecule has 2 aromatic carbocycles. The Bertz CT molecular complexity index is 1170. The monoisotopic (exact) mass is 487 g/mol. The summed E-state index contributed by atoms with van der Waals surface area (Å²) >= 11 is 1.17. The highest BCUT2D eigenvalue weighted by molar-refractivity contribution is 7.88. The minimum absolute atomic E-state index is 0.108. The van der Waals surface area contributed by atoms with E-state index in [0.717, 1.165) is 11.8 Å². The normalized spacial score (nSPS) is 13.1. The molecule has 0 amide bonds. The molecule has 0 aliphatic rings. The maximum atomic E-state index is 12.7. The zero-order valence-electron chi connectivity index (χ0n) is 17.0. The van der Waals surface area contributed by atoms with Crippen LogP contribution in [0.2, 0.25) is 0 Å². The molecule has 0 spiro atoms. The first-order valence-electron chi connectivity index (χ1n) is 9.21. The summed E-state index contributed by atoms with van der Waals surface area (Å²) < 4.78 is 67.1. The van der Waals surface area contributed by atoms with Crippen molar-refractivity contribution >= 4 is 32.2 Å². The van der Waals surface area contributed by atoms with Crippen molar-refractivity contribution in [1.29, 1.82) is 0 Å². The number of rotatable bonds is 8. The van der Waals surface area contributed by atoms with E-state index in [4.69, 9.17) is 0 Å². The van der Waals surface area contributed by atoms with Crippen LogP contribution >= 0.6 is 11.3 Å². The van der Waals surface area contributed by atoms with Crippen molar-refractivity contribution in [3.63, 3.8) is 0 Å². The highest BCUT2D eigenvalue weighted by atomic mass is 32.2. The number of aryl methyl sites for hydroxylation is 1. The molecule has 0 aliphatic heterocycles. The van der Waals surface area contributed by atoms with E-state index in [2.05, 4.69) is 14.4 Å². The number of aliphatic hydroxyl groups is 1. The van der Waals surface area contributed by atoms with Crippen molar-refractivity contribution in [3.8, 4) is 5.75 Å². The van der Waals surface area contributed by atoms with Crippen LogP contribution in [-0.2, 0) is 16.6 Å². The first-order chi connectivity index (χ1) is 14.9. The Kier molecular flexibility index (Phi) is 7.08. The molecule has 2 N–H and O–H groups in total. The molecule has 0 saturated heterocycles. The lowest BCUT2D eigenvalue weighted by atomic mass is 10.2. The molecular weight excluding hydrogens is 467 g/mol. The Labute approximate surface area is 187 Å². The highest BCUT2D eigenvalue weighted by Gasteiger charge is 2.31. The molecule has 172 valence electrons. The van der Waals surface area contributed by atoms with Gasteiger partial charge in [0.25, 0.3) is 0 Å². The number of thiazole rings is 1. The van der Waals surface area contributed by atoms with E-state index >= 15 is 0 Å². The third-order valence-corrected chi connectivity index (χ3v) is 5.84. The maximum Gasteiger partial charge on any atom is 0.573 e. The van der Waals surface area contributed by atoms with Crippen molar-refractivity contribution in [2.45, 2.75) is 26.1 Å². The van der Waals surface area contributed by atoms with Crippen LogP contribution < -0.4 is 14.4 Å². The molecule has 12 heteroatoms. The zero-order chi connectivity index (χ0) is 23.5. The van der Waals surface area contributed by atoms with E-state index in [1.54, 1.807) is 17.9 Å². The molecule has 3 aromatic rings. The van der Waals surface area contributed by atoms with Gasteiger partial charge in [-0.25, -0.2) is 13.4 Å². The number of anilines is 2. The number of halogens is 3. The number of hydrogen-bond acceptors (Lipinski definition) is 7. The molecule has 0 fully saturated rings. The quantitative estimate of drug-likeness (QED) is 0.462. The van der Waals surface area contributed by atoms with E-state index < -0.39 is 22.6 Å². The Morgan fingerprint density at radius 3 is 2.50 bits per heavy atom. The van der Waals surface area contributed by atoms with E-state index in [0.29, 0.717) is 15.7 Å². The second-order valence-electron chi connectivity index (χ2n) is 6.85. The molecule has 3 rings (SSSR count). The van der Waals surface area contributed by atoms with Crippen LogP contribution in [0.25, 0.3) is 0 Å². The Morgan fingerprint density at radius 2 is 1.88 bits per heavy atom. The summed E-state index contributed by atoms with van der Waals surface area (Å²) in [5.74, 6) is -0.389. The van der Waals surface area contributed by atoms with Gasteiger partial charge in [0, 0.05) is 16.6 Å². The summed E-state index contributed by atoms with van der Waals surface area (Å²) in [5, 5.41) is 10.6. The summed E-state index contributed by atoms with van der Waals surface area (Å²) in [5.41, 5.74) is 1.34. The number of hydrogen-bond donors (Lipinski definition) is 2. The number of benzene rings is 2. The van der Waals surface area contributed by atoms with Crippen molar-refractivity contribution < 1.29 is 31.4 Å². The smallest absolute Gasteiger partial charge is 0.406 e. The molecule has 0 bridgehead atoms. The number of aromatic nitrogens is 1. The fraction of sp³-hybridized carbons (Fsp3) is 0.250. The average molecular weight is 488 g/mol. The molecule has 1 aromatic heterocycles. The molecule has 0 aliphatic carbocycles. The Morgan fingerprint density at radius 1 is 1.19 bits per heavy atom. The largest absolute Gasteiger partial charge is 0.573 e. The third-order valence-electron chi connectivity index (χ3n) is 4.18. The molecule has 0 radical (unpaired) electrons. The van der Waals surface area contributed by atoms with Gasteiger partial charge in [-0.15, -0.1) is 24.5 Å². The van der Waals surface area contributed by atoms with Crippen LogP contribution in [0, 0.1) is 6.92 Å². The predicted octanol–water partition coefficient (Wildman–Crippen LogP) is 4.23. The van der Waals surface area contributed by atoms with Crippen LogP contribution in [0.5, 0.6) is 5.75 Å². The standard InChI is InChI=1S/C20H20F3N3O4S2/c1-13-17(18(27)25-32(2,28)29)24-19(31-13)26(12-14-7-4-3-5-8-14)15-9-6-10-16(11-15)30-20(21,22)23/h3-11,18,25,27H,12H2,1-2H3. The average Bonchev–Trinajstić information content (AvgIpc) is 3.06. The van der Waals surface area contributed by atoms with Crippen molar-refractivity contribution in [2.75, 3.05) is 11.2 Å². The van der Waals surface area contributed by atoms with E-state index in [1.807, 2.05) is 30.3 Å². The van der Waals surface area contributed by atoms with Gasteiger partial charge in [0.2, 0.25) is 10.0 Å². The summed E-state index contributed by atoms with van der Waals surface area (Å²) in [4.78, 5) is 6.58. The number of nitrogens with one attached hydrogen (secondary N) is 1. The second kappa shape index (κ2) is 9.45. The number of aliphatic hydroxyl groups excluding tert-OH is 1. The lowest BCUT2D eigenvalue weighted by molar-refractivity contribution is -0.274. The molecule has 0 saturated carbocycles. The Hall–Kier alpha value is -2.67. The zero-order valence-corrected chi connectivity index (χ0v) is 18.6. The molecule has 1 unspecified atom stereocenters. The van der Waals surface area contributed by atoms with Gasteiger partial charge in [0.05, 0.1) is 12.8 Å². The number of nitrogens with zero attached hydrogens (tertiary/aromatic N) is 2. The summed E-state index contributed by atoms with van der Waals surface area (Å²) in [6.45, 7) is 1.92. The highest BCUT2D eigenvalue weighted by Crippen LogP contribution is 2.36. The molecular formula is C20H20F3N3O4S2. The first kappa shape index (κ1) is 24.0. The third kappa shape index (κ3) is 6.66. The van der Waals surface area contributed by atoms with Crippen LogP contribution in [0.4, 0.5) is 24.0 Å². The number of alkyl halides is 3. The van der Waals surface area contributed by atoms with Crippen LogP contribution in [0.15, 0.2) is 54.6 Å². The van der Waals surface area contributed by atoms with Gasteiger partial charge in [-0.1, -0.05) is 36.4 Å². The van der Waals surface area contributed by atoms with E-state index in [9.17, 15) is 26.7 Å². The minimum Gasteiger partial charge on any atom is -0.406 e. The summed E-state index contributed by atoms with van der Waals surface area (Å²) in [7, 11) is -3.70. The number of ether oxygens (including phenoxy) is 1. The molecule has 1 atom stereocenters. The van der Waals surface area contributed by atoms with Crippen LogP contribution in [0.3, 0.4) is 0 Å². The van der Waals surface area contributed by atoms with Gasteiger partial charge in [0.1, 0.15) is 11.4 Å². The van der Waals surface area contributed by atoms with Gasteiger partial charge in [-0.05, 0) is 24.6 Å². The Balaban J connectivity index is 2.01. The second-order valence-corrected chi connectivity index (χ2v) is 9.81. The van der Waals surface area contributed by atoms with Gasteiger partial charge in [-0.3, -0.25) is 0 Å². The van der Waals surface area contributed by atoms with Gasteiger partial charge >= 0.3 is 6.36 Å². The first-order valence-corrected chi connectivity index (χ1v) is 11.9. The van der Waals surface area contributed by atoms with Crippen LogP contribution in [-0.4, -0.2) is 31.1 Å². The topological polar surface area (TPSA) is 91.8 Å². The van der Waals surface area contributed by atoms with Gasteiger partial charge < -0.3 is 14.7 Å².